The molecule has 3 atom stereocenters. The van der Waals surface area contributed by atoms with E-state index in [1.165, 1.54) is 16.7 Å². The fraction of sp³-hybridized carbons (Fsp3) is 0.333. The molecule has 1 saturated heterocycles. The van der Waals surface area contributed by atoms with E-state index < -0.39 is 0 Å². The van der Waals surface area contributed by atoms with Crippen LogP contribution in [0.25, 0.3) is 5.57 Å². The molecule has 0 bridgehead atoms. The van der Waals surface area contributed by atoms with Crippen molar-refractivity contribution in [3.05, 3.63) is 77.9 Å². The molecule has 1 heterocycles. The fourth-order valence-corrected chi connectivity index (χ4v) is 3.20. The van der Waals surface area contributed by atoms with E-state index in [0.717, 1.165) is 6.42 Å². The summed E-state index contributed by atoms with van der Waals surface area (Å²) in [5.74, 6) is 0. The van der Waals surface area contributed by atoms with E-state index in [2.05, 4.69) is 92.5 Å². The molecule has 0 aromatic heterocycles. The molecule has 0 N–H and O–H groups in total. The van der Waals surface area contributed by atoms with Crippen molar-refractivity contribution in [2.45, 2.75) is 38.6 Å². The molecule has 0 spiro atoms. The zero-order chi connectivity index (χ0) is 16.2. The van der Waals surface area contributed by atoms with Gasteiger partial charge in [-0.3, -0.25) is 4.90 Å². The summed E-state index contributed by atoms with van der Waals surface area (Å²) in [6, 6.07) is 21.4. The molecule has 3 rings (SSSR count). The van der Waals surface area contributed by atoms with Gasteiger partial charge >= 0.3 is 0 Å². The van der Waals surface area contributed by atoms with Crippen LogP contribution in [0.1, 0.15) is 37.5 Å². The van der Waals surface area contributed by atoms with E-state index in [1.54, 1.807) is 0 Å². The molecule has 0 radical (unpaired) electrons. The lowest BCUT2D eigenvalue weighted by molar-refractivity contribution is 0.0409. The topological polar surface area (TPSA) is 12.5 Å². The first-order chi connectivity index (χ1) is 11.2. The predicted molar refractivity (Wildman–Crippen MR) is 96.0 cm³/mol. The highest BCUT2D eigenvalue weighted by atomic mass is 16.5. The molecule has 0 saturated carbocycles. The lowest BCUT2D eigenvalue weighted by atomic mass is 10.0. The molecule has 120 valence electrons. The molecule has 1 aliphatic rings. The van der Waals surface area contributed by atoms with Crippen LogP contribution in [-0.2, 0) is 4.74 Å². The summed E-state index contributed by atoms with van der Waals surface area (Å²) in [5.41, 5.74) is 3.87. The number of hydrogen-bond donors (Lipinski definition) is 0. The van der Waals surface area contributed by atoms with Crippen molar-refractivity contribution in [2.24, 2.45) is 0 Å². The molecule has 2 aromatic carbocycles. The minimum atomic E-state index is 0.0189. The van der Waals surface area contributed by atoms with Gasteiger partial charge in [0, 0.05) is 6.04 Å². The smallest absolute Gasteiger partial charge is 0.131 e. The summed E-state index contributed by atoms with van der Waals surface area (Å²) in [6.45, 7) is 4.44. The van der Waals surface area contributed by atoms with E-state index in [0.29, 0.717) is 6.04 Å². The van der Waals surface area contributed by atoms with E-state index in [9.17, 15) is 0 Å². The third-order valence-electron chi connectivity index (χ3n) is 4.77. The van der Waals surface area contributed by atoms with Crippen LogP contribution >= 0.6 is 0 Å². The normalized spacial score (nSPS) is 25.7. The first kappa shape index (κ1) is 16.0. The number of ether oxygens (including phenoxy) is 1. The van der Waals surface area contributed by atoms with Gasteiger partial charge in [-0.2, -0.15) is 0 Å². The Kier molecular flexibility index (Phi) is 4.94. The minimum absolute atomic E-state index is 0.0189. The second-order valence-corrected chi connectivity index (χ2v) is 6.18. The van der Waals surface area contributed by atoms with Gasteiger partial charge in [0.25, 0.3) is 0 Å². The van der Waals surface area contributed by atoms with Crippen molar-refractivity contribution < 1.29 is 4.74 Å². The fourth-order valence-electron chi connectivity index (χ4n) is 3.20. The van der Waals surface area contributed by atoms with Crippen LogP contribution in [0.15, 0.2) is 66.7 Å². The van der Waals surface area contributed by atoms with Gasteiger partial charge in [-0.15, -0.1) is 0 Å². The van der Waals surface area contributed by atoms with Gasteiger partial charge < -0.3 is 4.74 Å². The standard InChI is InChI=1S/C21H25NO/c1-4-17(18-11-7-5-8-12-18)15-20-22(3)16(2)21(23-20)19-13-9-6-10-14-19/h5-16,20-21H,4H2,1-3H3/b17-15-/t16-,20-,21-/m0/s1. The zero-order valence-electron chi connectivity index (χ0n) is 14.1. The number of hydrogen-bond acceptors (Lipinski definition) is 2. The van der Waals surface area contributed by atoms with Crippen LogP contribution in [0.5, 0.6) is 0 Å². The molecule has 0 amide bonds. The molecule has 0 unspecified atom stereocenters. The Morgan fingerprint density at radius 3 is 2.26 bits per heavy atom. The largest absolute Gasteiger partial charge is 0.350 e. The Bertz CT molecular complexity index is 650. The molecule has 1 fully saturated rings. The summed E-state index contributed by atoms with van der Waals surface area (Å²) in [7, 11) is 2.15. The molecule has 23 heavy (non-hydrogen) atoms. The summed E-state index contributed by atoms with van der Waals surface area (Å²) >= 11 is 0. The predicted octanol–water partition coefficient (Wildman–Crippen LogP) is 4.90. The van der Waals surface area contributed by atoms with Crippen molar-refractivity contribution in [1.82, 2.24) is 4.90 Å². The van der Waals surface area contributed by atoms with Crippen molar-refractivity contribution in [1.29, 1.82) is 0 Å². The third kappa shape index (κ3) is 3.39. The van der Waals surface area contributed by atoms with Crippen molar-refractivity contribution in [2.75, 3.05) is 7.05 Å². The monoisotopic (exact) mass is 307 g/mol. The number of benzene rings is 2. The maximum absolute atomic E-state index is 6.38. The second kappa shape index (κ2) is 7.12. The van der Waals surface area contributed by atoms with Crippen molar-refractivity contribution in [3.63, 3.8) is 0 Å². The molecule has 0 aliphatic carbocycles. The van der Waals surface area contributed by atoms with Gasteiger partial charge in [-0.1, -0.05) is 67.6 Å². The SMILES string of the molecule is CC/C(=C/[C@@H]1O[C@H](c2ccccc2)[C@H](C)N1C)c1ccccc1. The Labute approximate surface area is 139 Å². The molecule has 1 aliphatic heterocycles. The zero-order valence-corrected chi connectivity index (χ0v) is 14.1. The Morgan fingerprint density at radius 2 is 1.65 bits per heavy atom. The average molecular weight is 307 g/mol. The van der Waals surface area contributed by atoms with Crippen LogP contribution in [0.2, 0.25) is 0 Å². The second-order valence-electron chi connectivity index (χ2n) is 6.18. The number of nitrogens with zero attached hydrogens (tertiary/aromatic N) is 1. The van der Waals surface area contributed by atoms with Gasteiger partial charge in [0.15, 0.2) is 0 Å². The van der Waals surface area contributed by atoms with Crippen LogP contribution in [0.3, 0.4) is 0 Å². The van der Waals surface area contributed by atoms with E-state index >= 15 is 0 Å². The van der Waals surface area contributed by atoms with Gasteiger partial charge in [-0.25, -0.2) is 0 Å². The first-order valence-corrected chi connectivity index (χ1v) is 8.39. The van der Waals surface area contributed by atoms with E-state index in [1.807, 2.05) is 0 Å². The lowest BCUT2D eigenvalue weighted by Gasteiger charge is -2.20. The number of rotatable bonds is 4. The highest BCUT2D eigenvalue weighted by Crippen LogP contribution is 2.35. The Balaban J connectivity index is 1.84. The van der Waals surface area contributed by atoms with Crippen LogP contribution in [0.4, 0.5) is 0 Å². The van der Waals surface area contributed by atoms with Crippen LogP contribution in [0, 0.1) is 0 Å². The molecular formula is C21H25NO. The van der Waals surface area contributed by atoms with Gasteiger partial charge in [0.1, 0.15) is 12.3 Å². The molecular weight excluding hydrogens is 282 g/mol. The number of allylic oxidation sites excluding steroid dienone is 1. The molecule has 2 heteroatoms. The summed E-state index contributed by atoms with van der Waals surface area (Å²) in [5, 5.41) is 0. The quantitative estimate of drug-likeness (QED) is 0.796. The van der Waals surface area contributed by atoms with Crippen LogP contribution in [-0.4, -0.2) is 24.2 Å². The minimum Gasteiger partial charge on any atom is -0.350 e. The van der Waals surface area contributed by atoms with Crippen molar-refractivity contribution >= 4 is 5.57 Å². The third-order valence-corrected chi connectivity index (χ3v) is 4.77. The highest BCUT2D eigenvalue weighted by Gasteiger charge is 2.36. The van der Waals surface area contributed by atoms with E-state index in [4.69, 9.17) is 4.74 Å². The molecule has 2 nitrogen and oxygen atoms in total. The van der Waals surface area contributed by atoms with Crippen LogP contribution < -0.4 is 0 Å². The average Bonchev–Trinajstić information content (AvgIpc) is 2.89. The lowest BCUT2D eigenvalue weighted by Crippen LogP contribution is -2.30. The molecule has 2 aromatic rings. The van der Waals surface area contributed by atoms with E-state index in [-0.39, 0.29) is 12.3 Å². The maximum atomic E-state index is 6.38. The first-order valence-electron chi connectivity index (χ1n) is 8.39. The summed E-state index contributed by atoms with van der Waals surface area (Å²) < 4.78 is 6.38. The van der Waals surface area contributed by atoms with Gasteiger partial charge in [0.05, 0.1) is 0 Å². The Hall–Kier alpha value is -1.90. The van der Waals surface area contributed by atoms with Crippen molar-refractivity contribution in [3.8, 4) is 0 Å². The van der Waals surface area contributed by atoms with Gasteiger partial charge in [-0.05, 0) is 43.2 Å². The summed E-state index contributed by atoms with van der Waals surface area (Å²) in [6.07, 6.45) is 3.42. The highest BCUT2D eigenvalue weighted by molar-refractivity contribution is 5.65. The maximum Gasteiger partial charge on any atom is 0.131 e. The Morgan fingerprint density at radius 1 is 1.04 bits per heavy atom. The summed E-state index contributed by atoms with van der Waals surface area (Å²) in [4.78, 5) is 2.32. The van der Waals surface area contributed by atoms with Gasteiger partial charge in [0.2, 0.25) is 0 Å². The number of likely N-dealkylation sites (N-methyl/N-ethyl adjacent to an activating group) is 1.